The maximum Gasteiger partial charge on any atom is 0.277 e. The Morgan fingerprint density at radius 3 is 2.61 bits per heavy atom. The molecule has 0 bridgehead atoms. The van der Waals surface area contributed by atoms with Gasteiger partial charge in [-0.15, -0.1) is 0 Å². The summed E-state index contributed by atoms with van der Waals surface area (Å²) < 4.78 is 6.96. The van der Waals surface area contributed by atoms with Crippen molar-refractivity contribution in [2.24, 2.45) is 0 Å². The van der Waals surface area contributed by atoms with Gasteiger partial charge in [-0.2, -0.15) is 5.10 Å². The van der Waals surface area contributed by atoms with Crippen LogP contribution in [0, 0.1) is 6.92 Å². The first-order valence-corrected chi connectivity index (χ1v) is 14.0. The maximum absolute atomic E-state index is 13.9. The van der Waals surface area contributed by atoms with Gasteiger partial charge in [0.25, 0.3) is 5.91 Å². The van der Waals surface area contributed by atoms with Crippen molar-refractivity contribution < 1.29 is 14.4 Å². The number of carbonyl (C=O) groups is 1. The number of hydrogen-bond donors (Lipinski definition) is 2. The molecule has 2 aromatic heterocycles. The van der Waals surface area contributed by atoms with E-state index >= 15 is 0 Å². The van der Waals surface area contributed by atoms with Gasteiger partial charge in [0, 0.05) is 37.4 Å². The zero-order chi connectivity index (χ0) is 28.3. The van der Waals surface area contributed by atoms with Crippen molar-refractivity contribution in [3.8, 4) is 16.8 Å². The number of aliphatic hydroxyl groups is 1. The summed E-state index contributed by atoms with van der Waals surface area (Å²) in [5.41, 5.74) is 13.4. The highest BCUT2D eigenvalue weighted by molar-refractivity contribution is 6.07. The largest absolute Gasteiger partial charge is 0.389 e. The fraction of sp³-hybridized carbons (Fsp3) is 0.281. The van der Waals surface area contributed by atoms with Crippen molar-refractivity contribution in [1.29, 1.82) is 0 Å². The van der Waals surface area contributed by atoms with Crippen LogP contribution in [0.5, 0.6) is 0 Å². The van der Waals surface area contributed by atoms with Crippen LogP contribution < -0.4 is 10.6 Å². The molecule has 1 saturated heterocycles. The summed E-state index contributed by atoms with van der Waals surface area (Å²) in [6, 6.07) is 22.1. The molecule has 9 nitrogen and oxygen atoms in total. The van der Waals surface area contributed by atoms with Crippen molar-refractivity contribution in [2.75, 3.05) is 30.3 Å². The molecule has 1 amide bonds. The van der Waals surface area contributed by atoms with E-state index in [0.717, 1.165) is 59.7 Å². The molecular formula is C32H32N6O3. The number of hydrogen-bond acceptors (Lipinski definition) is 7. The van der Waals surface area contributed by atoms with E-state index in [-0.39, 0.29) is 5.91 Å². The van der Waals surface area contributed by atoms with Crippen LogP contribution in [-0.4, -0.2) is 56.1 Å². The quantitative estimate of drug-likeness (QED) is 0.326. The van der Waals surface area contributed by atoms with Crippen LogP contribution in [0.2, 0.25) is 0 Å². The number of benzene rings is 3. The fourth-order valence-electron chi connectivity index (χ4n) is 6.22. The van der Waals surface area contributed by atoms with E-state index in [0.29, 0.717) is 35.6 Å². The molecule has 1 atom stereocenters. The van der Waals surface area contributed by atoms with Crippen molar-refractivity contribution in [2.45, 2.75) is 38.8 Å². The molecule has 9 heteroatoms. The number of nitrogens with zero attached hydrogens (tertiary/aromatic N) is 5. The zero-order valence-electron chi connectivity index (χ0n) is 23.2. The summed E-state index contributed by atoms with van der Waals surface area (Å²) in [6.07, 6.45) is 1.51. The molecule has 0 saturated carbocycles. The minimum Gasteiger partial charge on any atom is -0.389 e. The number of fused-ring (bicyclic) bond motifs is 2. The molecule has 2 aliphatic rings. The number of amides is 1. The Morgan fingerprint density at radius 1 is 1.05 bits per heavy atom. The van der Waals surface area contributed by atoms with E-state index in [1.807, 2.05) is 43.0 Å². The van der Waals surface area contributed by atoms with Gasteiger partial charge in [-0.25, -0.2) is 4.68 Å². The third kappa shape index (κ3) is 4.47. The van der Waals surface area contributed by atoms with Crippen LogP contribution in [0.1, 0.15) is 40.7 Å². The summed E-state index contributed by atoms with van der Waals surface area (Å²) in [7, 11) is 0. The molecule has 1 fully saturated rings. The van der Waals surface area contributed by atoms with Crippen molar-refractivity contribution in [1.82, 2.24) is 19.8 Å². The first-order chi connectivity index (χ1) is 19.8. The molecule has 0 radical (unpaired) electrons. The van der Waals surface area contributed by atoms with Gasteiger partial charge in [0.05, 0.1) is 22.4 Å². The number of β-amino-alcohol motifs (C(OH)–C–C–N with tert-alkyl or cyclic N) is 1. The highest BCUT2D eigenvalue weighted by Crippen LogP contribution is 2.33. The minimum absolute atomic E-state index is 0.0838. The Morgan fingerprint density at radius 2 is 1.83 bits per heavy atom. The molecular weight excluding hydrogens is 516 g/mol. The van der Waals surface area contributed by atoms with Crippen molar-refractivity contribution >= 4 is 28.4 Å². The lowest BCUT2D eigenvalue weighted by molar-refractivity contribution is 0.0679. The first kappa shape index (κ1) is 25.5. The Balaban J connectivity index is 1.17. The van der Waals surface area contributed by atoms with Gasteiger partial charge in [0.2, 0.25) is 0 Å². The molecule has 2 aliphatic heterocycles. The topological polar surface area (TPSA) is 114 Å². The summed E-state index contributed by atoms with van der Waals surface area (Å²) in [4.78, 5) is 18.1. The fourth-order valence-corrected chi connectivity index (χ4v) is 6.22. The minimum atomic E-state index is -0.623. The summed E-state index contributed by atoms with van der Waals surface area (Å²) in [6.45, 7) is 6.78. The standard InChI is InChI=1S/C32H32N6O3/c1-20-25-13-15-37(31(39)29(25)38(34-20)24-11-12-28-27(17-24)30(33)35-41-28)23-9-7-21(8-10-23)26-6-4-3-5-22(26)18-36-16-14-32(2,40)19-36/h3-12,17,40H,13-16,18-19H2,1-2H3,(H2,33,35)/t32-/m1/s1. The number of nitrogens with two attached hydrogens (primary N) is 1. The van der Waals surface area contributed by atoms with Crippen LogP contribution in [0.15, 0.2) is 71.3 Å². The lowest BCUT2D eigenvalue weighted by Crippen LogP contribution is -2.38. The number of carbonyl (C=O) groups excluding carboxylic acids is 1. The van der Waals surface area contributed by atoms with Crippen LogP contribution in [0.25, 0.3) is 27.8 Å². The van der Waals surface area contributed by atoms with Crippen LogP contribution in [0.4, 0.5) is 11.5 Å². The predicted octanol–water partition coefficient (Wildman–Crippen LogP) is 4.73. The number of aromatic nitrogens is 3. The Kier molecular flexibility index (Phi) is 5.95. The highest BCUT2D eigenvalue weighted by atomic mass is 16.5. The van der Waals surface area contributed by atoms with Gasteiger partial charge in [-0.1, -0.05) is 41.6 Å². The van der Waals surface area contributed by atoms with Crippen LogP contribution in [-0.2, 0) is 13.0 Å². The second-order valence-electron chi connectivity index (χ2n) is 11.4. The van der Waals surface area contributed by atoms with Crippen LogP contribution >= 0.6 is 0 Å². The molecule has 3 N–H and O–H groups in total. The zero-order valence-corrected chi connectivity index (χ0v) is 23.2. The molecule has 208 valence electrons. The molecule has 0 spiro atoms. The smallest absolute Gasteiger partial charge is 0.277 e. The number of nitrogen functional groups attached to an aromatic ring is 1. The average Bonchev–Trinajstić information content (AvgIpc) is 3.63. The molecule has 3 aromatic carbocycles. The van der Waals surface area contributed by atoms with Crippen molar-refractivity contribution in [3.05, 3.63) is 89.2 Å². The highest BCUT2D eigenvalue weighted by Gasteiger charge is 2.33. The average molecular weight is 549 g/mol. The monoisotopic (exact) mass is 548 g/mol. The number of rotatable bonds is 5. The van der Waals surface area contributed by atoms with Gasteiger partial charge in [-0.3, -0.25) is 9.69 Å². The Labute approximate surface area is 237 Å². The Bertz CT molecular complexity index is 1790. The van der Waals surface area contributed by atoms with Gasteiger partial charge in [0.15, 0.2) is 11.4 Å². The Hall–Kier alpha value is -4.47. The lowest BCUT2D eigenvalue weighted by atomic mass is 9.98. The van der Waals surface area contributed by atoms with Gasteiger partial charge in [-0.05, 0) is 73.7 Å². The molecule has 4 heterocycles. The maximum atomic E-state index is 13.9. The van der Waals surface area contributed by atoms with Crippen LogP contribution in [0.3, 0.4) is 0 Å². The molecule has 0 unspecified atom stereocenters. The SMILES string of the molecule is Cc1nn(-c2ccc3onc(N)c3c2)c2c1CCN(c1ccc(-c3ccccc3CN3CC[C@@](C)(O)C3)cc1)C2=O. The number of anilines is 2. The summed E-state index contributed by atoms with van der Waals surface area (Å²) in [5, 5.41) is 19.7. The first-order valence-electron chi connectivity index (χ1n) is 14.0. The summed E-state index contributed by atoms with van der Waals surface area (Å²) in [5.74, 6) is 0.223. The van der Waals surface area contributed by atoms with E-state index in [9.17, 15) is 9.90 Å². The second-order valence-corrected chi connectivity index (χ2v) is 11.4. The third-order valence-electron chi connectivity index (χ3n) is 8.38. The molecule has 5 aromatic rings. The molecule has 41 heavy (non-hydrogen) atoms. The van der Waals surface area contributed by atoms with Crippen molar-refractivity contribution in [3.63, 3.8) is 0 Å². The van der Waals surface area contributed by atoms with E-state index in [4.69, 9.17) is 15.4 Å². The second kappa shape index (κ2) is 9.57. The van der Waals surface area contributed by atoms with E-state index in [2.05, 4.69) is 46.5 Å². The molecule has 7 rings (SSSR count). The van der Waals surface area contributed by atoms with E-state index in [1.165, 1.54) is 5.56 Å². The predicted molar refractivity (Wildman–Crippen MR) is 158 cm³/mol. The normalized spacial score (nSPS) is 19.3. The lowest BCUT2D eigenvalue weighted by Gasteiger charge is -2.28. The van der Waals surface area contributed by atoms with Gasteiger partial charge >= 0.3 is 0 Å². The molecule has 0 aliphatic carbocycles. The van der Waals surface area contributed by atoms with E-state index in [1.54, 1.807) is 10.7 Å². The summed E-state index contributed by atoms with van der Waals surface area (Å²) >= 11 is 0. The van der Waals surface area contributed by atoms with E-state index < -0.39 is 5.60 Å². The van der Waals surface area contributed by atoms with Gasteiger partial charge < -0.3 is 20.3 Å². The third-order valence-corrected chi connectivity index (χ3v) is 8.38. The number of likely N-dealkylation sites (tertiary alicyclic amines) is 1. The van der Waals surface area contributed by atoms with Gasteiger partial charge in [0.1, 0.15) is 5.69 Å². The number of aryl methyl sites for hydroxylation is 1.